The Bertz CT molecular complexity index is 447. The monoisotopic (exact) mass is 285 g/mol. The van der Waals surface area contributed by atoms with Crippen molar-refractivity contribution >= 4 is 29.1 Å². The second kappa shape index (κ2) is 7.49. The number of hydrogen-bond acceptors (Lipinski definition) is 5. The number of thiophene rings is 1. The van der Waals surface area contributed by atoms with Crippen molar-refractivity contribution in [3.8, 4) is 0 Å². The molecule has 0 atom stereocenters. The van der Waals surface area contributed by atoms with Crippen molar-refractivity contribution in [3.05, 3.63) is 22.4 Å². The molecule has 1 aromatic rings. The smallest absolute Gasteiger partial charge is 0.317 e. The van der Waals surface area contributed by atoms with Crippen LogP contribution < -0.4 is 10.9 Å². The Morgan fingerprint density at radius 2 is 2.05 bits per heavy atom. The van der Waals surface area contributed by atoms with Crippen LogP contribution in [-0.4, -0.2) is 47.4 Å². The molecule has 0 aliphatic heterocycles. The fraction of sp³-hybridized carbons (Fsp3) is 0.364. The third kappa shape index (κ3) is 5.49. The molecule has 0 saturated heterocycles. The highest BCUT2D eigenvalue weighted by Crippen LogP contribution is 2.06. The van der Waals surface area contributed by atoms with Crippen LogP contribution in [0.1, 0.15) is 16.6 Å². The van der Waals surface area contributed by atoms with Gasteiger partial charge in [-0.3, -0.25) is 30.1 Å². The first-order valence-electron chi connectivity index (χ1n) is 5.59. The summed E-state index contributed by atoms with van der Waals surface area (Å²) in [7, 11) is 0. The summed E-state index contributed by atoms with van der Waals surface area (Å²) in [6.07, 6.45) is 0. The van der Waals surface area contributed by atoms with E-state index in [-0.39, 0.29) is 13.1 Å². The second-order valence-electron chi connectivity index (χ2n) is 3.68. The average molecular weight is 285 g/mol. The maximum atomic E-state index is 11.5. The maximum Gasteiger partial charge on any atom is 0.317 e. The van der Waals surface area contributed by atoms with Gasteiger partial charge in [-0.15, -0.1) is 11.3 Å². The van der Waals surface area contributed by atoms with Gasteiger partial charge in [0.1, 0.15) is 0 Å². The lowest BCUT2D eigenvalue weighted by Gasteiger charge is -2.17. The van der Waals surface area contributed by atoms with E-state index in [0.717, 1.165) is 0 Å². The predicted octanol–water partition coefficient (Wildman–Crippen LogP) is -0.0844. The van der Waals surface area contributed by atoms with Gasteiger partial charge >= 0.3 is 5.97 Å². The van der Waals surface area contributed by atoms with E-state index in [9.17, 15) is 14.4 Å². The number of carbonyl (C=O) groups excluding carboxylic acids is 2. The largest absolute Gasteiger partial charge is 0.480 e. The molecule has 0 spiro atoms. The fourth-order valence-corrected chi connectivity index (χ4v) is 1.93. The highest BCUT2D eigenvalue weighted by molar-refractivity contribution is 7.12. The van der Waals surface area contributed by atoms with Crippen LogP contribution in [0.2, 0.25) is 0 Å². The van der Waals surface area contributed by atoms with Crippen LogP contribution in [-0.2, 0) is 9.59 Å². The lowest BCUT2D eigenvalue weighted by atomic mass is 10.4. The summed E-state index contributed by atoms with van der Waals surface area (Å²) in [5.41, 5.74) is 4.51. The van der Waals surface area contributed by atoms with E-state index in [1.165, 1.54) is 16.2 Å². The van der Waals surface area contributed by atoms with Gasteiger partial charge in [0.2, 0.25) is 0 Å². The lowest BCUT2D eigenvalue weighted by Crippen LogP contribution is -2.47. The number of amides is 2. The Balaban J connectivity index is 2.34. The van der Waals surface area contributed by atoms with Crippen molar-refractivity contribution in [1.29, 1.82) is 0 Å². The Morgan fingerprint density at radius 1 is 1.32 bits per heavy atom. The van der Waals surface area contributed by atoms with Crippen LogP contribution in [0.4, 0.5) is 0 Å². The van der Waals surface area contributed by atoms with Gasteiger partial charge in [-0.2, -0.15) is 0 Å². The van der Waals surface area contributed by atoms with Crippen LogP contribution >= 0.6 is 11.3 Å². The molecular weight excluding hydrogens is 270 g/mol. The van der Waals surface area contributed by atoms with Crippen molar-refractivity contribution in [2.75, 3.05) is 19.6 Å². The molecular formula is C11H15N3O4S. The van der Waals surface area contributed by atoms with Crippen LogP contribution in [0.3, 0.4) is 0 Å². The number of aliphatic carboxylic acids is 1. The Kier molecular flexibility index (Phi) is 5.97. The highest BCUT2D eigenvalue weighted by atomic mass is 32.1. The third-order valence-electron chi connectivity index (χ3n) is 2.23. The molecule has 0 aromatic carbocycles. The van der Waals surface area contributed by atoms with Gasteiger partial charge in [0.05, 0.1) is 18.0 Å². The molecule has 7 nitrogen and oxygen atoms in total. The summed E-state index contributed by atoms with van der Waals surface area (Å²) in [6.45, 7) is 1.87. The average Bonchev–Trinajstić information content (AvgIpc) is 2.88. The minimum atomic E-state index is -1.00. The molecule has 1 rings (SSSR count). The molecule has 1 aromatic heterocycles. The molecule has 0 aliphatic carbocycles. The fourth-order valence-electron chi connectivity index (χ4n) is 1.31. The number of rotatable bonds is 6. The SMILES string of the molecule is CCN(CC(=O)O)CC(=O)NNC(=O)c1cccs1. The molecule has 0 fully saturated rings. The number of likely N-dealkylation sites (N-methyl/N-ethyl adjacent to an activating group) is 1. The van der Waals surface area contributed by atoms with Gasteiger partial charge < -0.3 is 5.11 Å². The topological polar surface area (TPSA) is 98.7 Å². The van der Waals surface area contributed by atoms with E-state index in [1.807, 2.05) is 0 Å². The molecule has 0 radical (unpaired) electrons. The standard InChI is InChI=1S/C11H15N3O4S/c1-2-14(7-10(16)17)6-9(15)12-13-11(18)8-4-3-5-19-8/h3-5H,2,6-7H2,1H3,(H,12,15)(H,13,18)(H,16,17). The zero-order chi connectivity index (χ0) is 14.3. The van der Waals surface area contributed by atoms with Crippen molar-refractivity contribution in [1.82, 2.24) is 15.8 Å². The van der Waals surface area contributed by atoms with Crippen LogP contribution in [0, 0.1) is 0 Å². The van der Waals surface area contributed by atoms with Crippen molar-refractivity contribution in [2.24, 2.45) is 0 Å². The Labute approximate surface area is 114 Å². The van der Waals surface area contributed by atoms with Crippen molar-refractivity contribution < 1.29 is 19.5 Å². The maximum absolute atomic E-state index is 11.5. The van der Waals surface area contributed by atoms with E-state index in [0.29, 0.717) is 11.4 Å². The summed E-state index contributed by atoms with van der Waals surface area (Å²) in [6, 6.07) is 3.36. The highest BCUT2D eigenvalue weighted by Gasteiger charge is 2.13. The first-order chi connectivity index (χ1) is 9.02. The van der Waals surface area contributed by atoms with E-state index in [4.69, 9.17) is 5.11 Å². The summed E-state index contributed by atoms with van der Waals surface area (Å²) in [5.74, 6) is -1.87. The summed E-state index contributed by atoms with van der Waals surface area (Å²) in [5, 5.41) is 10.4. The quantitative estimate of drug-likeness (QED) is 0.635. The van der Waals surface area contributed by atoms with Gasteiger partial charge in [-0.25, -0.2) is 0 Å². The van der Waals surface area contributed by atoms with Crippen LogP contribution in [0.5, 0.6) is 0 Å². The molecule has 8 heteroatoms. The van der Waals surface area contributed by atoms with E-state index >= 15 is 0 Å². The number of carboxylic acids is 1. The predicted molar refractivity (Wildman–Crippen MR) is 69.7 cm³/mol. The van der Waals surface area contributed by atoms with Gasteiger partial charge in [0.25, 0.3) is 11.8 Å². The molecule has 1 heterocycles. The van der Waals surface area contributed by atoms with Crippen LogP contribution in [0.15, 0.2) is 17.5 Å². The molecule has 3 N–H and O–H groups in total. The number of nitrogens with one attached hydrogen (secondary N) is 2. The van der Waals surface area contributed by atoms with Gasteiger partial charge in [-0.1, -0.05) is 13.0 Å². The molecule has 104 valence electrons. The zero-order valence-electron chi connectivity index (χ0n) is 10.4. The van der Waals surface area contributed by atoms with E-state index in [1.54, 1.807) is 24.4 Å². The zero-order valence-corrected chi connectivity index (χ0v) is 11.2. The summed E-state index contributed by atoms with van der Waals surface area (Å²) in [4.78, 5) is 35.5. The number of hydrazine groups is 1. The molecule has 2 amide bonds. The number of carboxylic acid groups (broad SMARTS) is 1. The minimum absolute atomic E-state index is 0.0898. The summed E-state index contributed by atoms with van der Waals surface area (Å²) < 4.78 is 0. The first-order valence-corrected chi connectivity index (χ1v) is 6.47. The third-order valence-corrected chi connectivity index (χ3v) is 3.10. The van der Waals surface area contributed by atoms with Gasteiger partial charge in [-0.05, 0) is 18.0 Å². The number of carbonyl (C=O) groups is 3. The first kappa shape index (κ1) is 15.1. The van der Waals surface area contributed by atoms with Crippen LogP contribution in [0.25, 0.3) is 0 Å². The summed E-state index contributed by atoms with van der Waals surface area (Å²) >= 11 is 1.26. The molecule has 0 aliphatic rings. The second-order valence-corrected chi connectivity index (χ2v) is 4.62. The number of nitrogens with zero attached hydrogens (tertiary/aromatic N) is 1. The van der Waals surface area contributed by atoms with E-state index < -0.39 is 17.8 Å². The molecule has 0 unspecified atom stereocenters. The van der Waals surface area contributed by atoms with Gasteiger partial charge in [0, 0.05) is 0 Å². The Morgan fingerprint density at radius 3 is 2.58 bits per heavy atom. The lowest BCUT2D eigenvalue weighted by molar-refractivity contribution is -0.138. The van der Waals surface area contributed by atoms with E-state index in [2.05, 4.69) is 10.9 Å². The molecule has 0 bridgehead atoms. The molecule has 19 heavy (non-hydrogen) atoms. The van der Waals surface area contributed by atoms with Gasteiger partial charge in [0.15, 0.2) is 0 Å². The number of hydrogen-bond donors (Lipinski definition) is 3. The van der Waals surface area contributed by atoms with Crippen molar-refractivity contribution in [3.63, 3.8) is 0 Å². The van der Waals surface area contributed by atoms with Crippen molar-refractivity contribution in [2.45, 2.75) is 6.92 Å². The minimum Gasteiger partial charge on any atom is -0.480 e. The molecule has 0 saturated carbocycles. The Hall–Kier alpha value is -1.93. The normalized spacial score (nSPS) is 10.2.